The quantitative estimate of drug-likeness (QED) is 0.612. The van der Waals surface area contributed by atoms with Gasteiger partial charge in [0, 0.05) is 26.2 Å². The smallest absolute Gasteiger partial charge is 0.311 e. The van der Waals surface area contributed by atoms with Gasteiger partial charge in [-0.15, -0.1) is 0 Å². The van der Waals surface area contributed by atoms with Crippen LogP contribution in [-0.2, 0) is 19.1 Å². The number of aliphatic carboxylic acids is 1. The molecule has 7 nitrogen and oxygen atoms in total. The van der Waals surface area contributed by atoms with E-state index < -0.39 is 11.4 Å². The second-order valence-corrected chi connectivity index (χ2v) is 9.85. The van der Waals surface area contributed by atoms with Crippen molar-refractivity contribution in [1.29, 1.82) is 0 Å². The summed E-state index contributed by atoms with van der Waals surface area (Å²) in [7, 11) is 0. The first-order chi connectivity index (χ1) is 13.4. The zero-order valence-electron chi connectivity index (χ0n) is 16.5. The lowest BCUT2D eigenvalue weighted by molar-refractivity contribution is -0.154. The van der Waals surface area contributed by atoms with E-state index in [2.05, 4.69) is 10.6 Å². The van der Waals surface area contributed by atoms with Gasteiger partial charge in [0.15, 0.2) is 0 Å². The van der Waals surface area contributed by atoms with Gasteiger partial charge in [0.2, 0.25) is 11.8 Å². The number of carboxylic acids is 1. The minimum atomic E-state index is -0.961. The third kappa shape index (κ3) is 4.04. The molecule has 5 fully saturated rings. The highest BCUT2D eigenvalue weighted by Gasteiger charge is 2.51. The van der Waals surface area contributed by atoms with E-state index in [4.69, 9.17) is 4.74 Å². The van der Waals surface area contributed by atoms with Gasteiger partial charge in [-0.25, -0.2) is 0 Å². The van der Waals surface area contributed by atoms with Crippen LogP contribution in [0.4, 0.5) is 0 Å². The number of hydrogen-bond donors (Lipinski definition) is 3. The van der Waals surface area contributed by atoms with Crippen molar-refractivity contribution in [2.24, 2.45) is 28.6 Å². The highest BCUT2D eigenvalue weighted by molar-refractivity contribution is 5.85. The Labute approximate surface area is 166 Å². The number of carbonyl (C=O) groups is 3. The van der Waals surface area contributed by atoms with Gasteiger partial charge >= 0.3 is 5.97 Å². The Hall–Kier alpha value is -1.63. The molecular weight excluding hydrogens is 360 g/mol. The Bertz CT molecular complexity index is 605. The Balaban J connectivity index is 1.23. The molecule has 2 amide bonds. The summed E-state index contributed by atoms with van der Waals surface area (Å²) >= 11 is 0. The largest absolute Gasteiger partial charge is 0.481 e. The number of carbonyl (C=O) groups excluding carboxylic acids is 2. The summed E-state index contributed by atoms with van der Waals surface area (Å²) in [5.41, 5.74) is -0.804. The summed E-state index contributed by atoms with van der Waals surface area (Å²) in [6.07, 6.45) is 8.85. The second kappa shape index (κ2) is 7.65. The van der Waals surface area contributed by atoms with Gasteiger partial charge in [-0.05, 0) is 74.5 Å². The first-order valence-corrected chi connectivity index (χ1v) is 10.7. The summed E-state index contributed by atoms with van der Waals surface area (Å²) in [5, 5.41) is 15.0. The second-order valence-electron chi connectivity index (χ2n) is 9.85. The van der Waals surface area contributed by atoms with Crippen LogP contribution in [0, 0.1) is 28.6 Å². The van der Waals surface area contributed by atoms with Gasteiger partial charge in [-0.3, -0.25) is 14.4 Å². The Morgan fingerprint density at radius 2 is 1.46 bits per heavy atom. The number of rotatable bonds is 7. The fourth-order valence-corrected chi connectivity index (χ4v) is 6.65. The lowest BCUT2D eigenvalue weighted by atomic mass is 9.49. The molecule has 4 saturated carbocycles. The SMILES string of the molecule is O=C(CNC(=O)CC12CC3CC(CC(C3)C1)C2)NCC1(C(=O)O)CCOCC1. The molecule has 5 aliphatic rings. The standard InChI is InChI=1S/C21H32N2O5/c24-17(11-20-8-14-5-15(9-20)7-16(6-14)10-20)22-12-18(25)23-13-21(19(26)27)1-3-28-4-2-21/h14-16H,1-13H2,(H,22,24)(H,23,25)(H,26,27). The Morgan fingerprint density at radius 1 is 0.893 bits per heavy atom. The van der Waals surface area contributed by atoms with Crippen molar-refractivity contribution in [2.45, 2.75) is 57.8 Å². The molecular formula is C21H32N2O5. The van der Waals surface area contributed by atoms with E-state index in [1.807, 2.05) is 0 Å². The van der Waals surface area contributed by atoms with Crippen molar-refractivity contribution >= 4 is 17.8 Å². The van der Waals surface area contributed by atoms with E-state index in [0.717, 1.165) is 17.8 Å². The normalized spacial score (nSPS) is 35.4. The van der Waals surface area contributed by atoms with Gasteiger partial charge in [0.25, 0.3) is 0 Å². The zero-order valence-corrected chi connectivity index (χ0v) is 16.5. The van der Waals surface area contributed by atoms with Gasteiger partial charge in [-0.2, -0.15) is 0 Å². The van der Waals surface area contributed by atoms with E-state index in [-0.39, 0.29) is 30.3 Å². The molecule has 4 bridgehead atoms. The van der Waals surface area contributed by atoms with E-state index in [1.54, 1.807) is 0 Å². The van der Waals surface area contributed by atoms with Crippen LogP contribution >= 0.6 is 0 Å². The lowest BCUT2D eigenvalue weighted by Crippen LogP contribution is -2.50. The number of nitrogens with one attached hydrogen (secondary N) is 2. The van der Waals surface area contributed by atoms with Crippen LogP contribution in [0.5, 0.6) is 0 Å². The van der Waals surface area contributed by atoms with Crippen LogP contribution in [-0.4, -0.2) is 49.2 Å². The maximum Gasteiger partial charge on any atom is 0.311 e. The van der Waals surface area contributed by atoms with Gasteiger partial charge in [0.1, 0.15) is 0 Å². The third-order valence-corrected chi connectivity index (χ3v) is 7.67. The molecule has 3 N–H and O–H groups in total. The molecule has 4 aliphatic carbocycles. The molecule has 0 radical (unpaired) electrons. The molecule has 156 valence electrons. The fraction of sp³-hybridized carbons (Fsp3) is 0.857. The molecule has 1 aliphatic heterocycles. The first-order valence-electron chi connectivity index (χ1n) is 10.7. The van der Waals surface area contributed by atoms with Crippen LogP contribution < -0.4 is 10.6 Å². The van der Waals surface area contributed by atoms with Gasteiger partial charge in [-0.1, -0.05) is 0 Å². The Kier molecular flexibility index (Phi) is 5.38. The topological polar surface area (TPSA) is 105 Å². The maximum atomic E-state index is 12.5. The molecule has 5 rings (SSSR count). The van der Waals surface area contributed by atoms with Crippen LogP contribution in [0.15, 0.2) is 0 Å². The number of hydrogen-bond acceptors (Lipinski definition) is 4. The summed E-state index contributed by atoms with van der Waals surface area (Å²) in [6, 6.07) is 0. The van der Waals surface area contributed by atoms with E-state index in [1.165, 1.54) is 38.5 Å². The highest BCUT2D eigenvalue weighted by Crippen LogP contribution is 2.61. The van der Waals surface area contributed by atoms with Crippen LogP contribution in [0.1, 0.15) is 57.8 Å². The molecule has 1 heterocycles. The predicted molar refractivity (Wildman–Crippen MR) is 101 cm³/mol. The van der Waals surface area contributed by atoms with Gasteiger partial charge < -0.3 is 20.5 Å². The molecule has 0 unspecified atom stereocenters. The van der Waals surface area contributed by atoms with Crippen LogP contribution in [0.3, 0.4) is 0 Å². The third-order valence-electron chi connectivity index (χ3n) is 7.67. The van der Waals surface area contributed by atoms with Gasteiger partial charge in [0.05, 0.1) is 12.0 Å². The Morgan fingerprint density at radius 3 is 2.00 bits per heavy atom. The van der Waals surface area contributed by atoms with E-state index in [0.29, 0.717) is 32.5 Å². The molecule has 1 saturated heterocycles. The summed E-state index contributed by atoms with van der Waals surface area (Å²) in [6.45, 7) is 0.778. The molecule has 0 aromatic rings. The molecule has 28 heavy (non-hydrogen) atoms. The molecule has 0 aromatic carbocycles. The molecule has 0 spiro atoms. The minimum absolute atomic E-state index is 0.0453. The minimum Gasteiger partial charge on any atom is -0.481 e. The highest BCUT2D eigenvalue weighted by atomic mass is 16.5. The molecule has 7 heteroatoms. The average Bonchev–Trinajstić information content (AvgIpc) is 2.64. The number of carboxylic acid groups (broad SMARTS) is 1. The van der Waals surface area contributed by atoms with Crippen molar-refractivity contribution in [3.05, 3.63) is 0 Å². The predicted octanol–water partition coefficient (Wildman–Crippen LogP) is 1.71. The average molecular weight is 392 g/mol. The summed E-state index contributed by atoms with van der Waals surface area (Å²) in [5.74, 6) is 1.13. The summed E-state index contributed by atoms with van der Waals surface area (Å²) < 4.78 is 5.24. The van der Waals surface area contributed by atoms with Crippen molar-refractivity contribution in [1.82, 2.24) is 10.6 Å². The van der Waals surface area contributed by atoms with Crippen molar-refractivity contribution in [2.75, 3.05) is 26.3 Å². The molecule has 0 atom stereocenters. The number of amides is 2. The zero-order chi connectivity index (χ0) is 19.8. The lowest BCUT2D eigenvalue weighted by Gasteiger charge is -2.56. The van der Waals surface area contributed by atoms with Crippen molar-refractivity contribution in [3.63, 3.8) is 0 Å². The van der Waals surface area contributed by atoms with Crippen LogP contribution in [0.25, 0.3) is 0 Å². The van der Waals surface area contributed by atoms with E-state index >= 15 is 0 Å². The van der Waals surface area contributed by atoms with Crippen LogP contribution in [0.2, 0.25) is 0 Å². The van der Waals surface area contributed by atoms with Crippen molar-refractivity contribution < 1.29 is 24.2 Å². The monoisotopic (exact) mass is 392 g/mol. The maximum absolute atomic E-state index is 12.5. The molecule has 0 aromatic heterocycles. The first kappa shape index (κ1) is 19.7. The van der Waals surface area contributed by atoms with E-state index in [9.17, 15) is 19.5 Å². The fourth-order valence-electron chi connectivity index (χ4n) is 6.65. The number of ether oxygens (including phenoxy) is 1. The summed E-state index contributed by atoms with van der Waals surface area (Å²) in [4.78, 5) is 36.3. The van der Waals surface area contributed by atoms with Crippen molar-refractivity contribution in [3.8, 4) is 0 Å².